The standard InChI is InChI=1S/C15H27N5O7S2/c1-29-3-2-8(15(26)27)18-13(24)9(4-11(17)22)19-14(25)10(5-21)20-12(23)7(16)6-28/h7-10,21,28H,2-6,16H2,1H3,(H2,17,22)(H,18,24)(H,19,25)(H,20,23)(H,26,27). The average molecular weight is 454 g/mol. The minimum atomic E-state index is -1.50. The van der Waals surface area contributed by atoms with Crippen molar-refractivity contribution in [3.8, 4) is 0 Å². The van der Waals surface area contributed by atoms with Gasteiger partial charge >= 0.3 is 5.97 Å². The summed E-state index contributed by atoms with van der Waals surface area (Å²) in [4.78, 5) is 59.0. The van der Waals surface area contributed by atoms with Gasteiger partial charge in [-0.25, -0.2) is 4.79 Å². The number of rotatable bonds is 14. The zero-order valence-electron chi connectivity index (χ0n) is 15.8. The third-order valence-corrected chi connectivity index (χ3v) is 4.65. The van der Waals surface area contributed by atoms with Gasteiger partial charge in [0.05, 0.1) is 19.1 Å². The number of carboxylic acid groups (broad SMARTS) is 1. The van der Waals surface area contributed by atoms with Crippen LogP contribution in [-0.4, -0.2) is 88.3 Å². The molecule has 4 atom stereocenters. The van der Waals surface area contributed by atoms with Crippen LogP contribution in [0.15, 0.2) is 0 Å². The van der Waals surface area contributed by atoms with E-state index >= 15 is 0 Å². The van der Waals surface area contributed by atoms with Gasteiger partial charge in [-0.05, 0) is 18.4 Å². The molecule has 0 aliphatic rings. The molecule has 0 aromatic rings. The monoisotopic (exact) mass is 453 g/mol. The van der Waals surface area contributed by atoms with Gasteiger partial charge in [0, 0.05) is 5.75 Å². The first-order valence-electron chi connectivity index (χ1n) is 8.45. The van der Waals surface area contributed by atoms with Crippen molar-refractivity contribution in [3.05, 3.63) is 0 Å². The molecule has 9 N–H and O–H groups in total. The molecule has 166 valence electrons. The van der Waals surface area contributed by atoms with Crippen molar-refractivity contribution in [3.63, 3.8) is 0 Å². The van der Waals surface area contributed by atoms with Crippen LogP contribution in [0.2, 0.25) is 0 Å². The van der Waals surface area contributed by atoms with Crippen molar-refractivity contribution in [2.24, 2.45) is 11.5 Å². The summed E-state index contributed by atoms with van der Waals surface area (Å²) in [6, 6.07) is -5.22. The van der Waals surface area contributed by atoms with Crippen LogP contribution in [-0.2, 0) is 24.0 Å². The van der Waals surface area contributed by atoms with E-state index in [-0.39, 0.29) is 12.2 Å². The van der Waals surface area contributed by atoms with E-state index in [1.807, 2.05) is 0 Å². The van der Waals surface area contributed by atoms with Crippen LogP contribution < -0.4 is 27.4 Å². The third kappa shape index (κ3) is 10.3. The van der Waals surface area contributed by atoms with Gasteiger partial charge in [0.15, 0.2) is 0 Å². The number of aliphatic carboxylic acids is 1. The molecule has 4 unspecified atom stereocenters. The molecule has 14 heteroatoms. The number of primary amides is 1. The maximum atomic E-state index is 12.4. The van der Waals surface area contributed by atoms with Crippen LogP contribution in [0.4, 0.5) is 0 Å². The predicted molar refractivity (Wildman–Crippen MR) is 109 cm³/mol. The van der Waals surface area contributed by atoms with Crippen molar-refractivity contribution in [1.82, 2.24) is 16.0 Å². The van der Waals surface area contributed by atoms with E-state index < -0.39 is 66.8 Å². The van der Waals surface area contributed by atoms with Gasteiger partial charge in [0.1, 0.15) is 18.1 Å². The van der Waals surface area contributed by atoms with E-state index in [1.54, 1.807) is 6.26 Å². The van der Waals surface area contributed by atoms with E-state index in [2.05, 4.69) is 28.6 Å². The van der Waals surface area contributed by atoms with Crippen molar-refractivity contribution >= 4 is 54.0 Å². The number of carbonyl (C=O) groups excluding carboxylic acids is 4. The highest BCUT2D eigenvalue weighted by Crippen LogP contribution is 2.03. The molecule has 0 bridgehead atoms. The fourth-order valence-electron chi connectivity index (χ4n) is 2.00. The Morgan fingerprint density at radius 3 is 1.97 bits per heavy atom. The molecule has 0 fully saturated rings. The number of aliphatic hydroxyl groups is 1. The van der Waals surface area contributed by atoms with Crippen LogP contribution in [0.1, 0.15) is 12.8 Å². The average Bonchev–Trinajstić information content (AvgIpc) is 2.66. The number of thiol groups is 1. The second-order valence-corrected chi connectivity index (χ2v) is 7.30. The van der Waals surface area contributed by atoms with Gasteiger partial charge in [0.25, 0.3) is 0 Å². The van der Waals surface area contributed by atoms with E-state index in [4.69, 9.17) is 11.5 Å². The molecular weight excluding hydrogens is 426 g/mol. The fourth-order valence-corrected chi connectivity index (χ4v) is 2.64. The number of amides is 4. The molecule has 0 aromatic heterocycles. The van der Waals surface area contributed by atoms with Crippen molar-refractivity contribution in [2.75, 3.05) is 24.4 Å². The molecule has 4 amide bonds. The number of carbonyl (C=O) groups is 5. The Kier molecular flexibility index (Phi) is 13.0. The van der Waals surface area contributed by atoms with Gasteiger partial charge in [-0.1, -0.05) is 0 Å². The highest BCUT2D eigenvalue weighted by atomic mass is 32.2. The number of hydrogen-bond donors (Lipinski definition) is 8. The largest absolute Gasteiger partial charge is 0.480 e. The Hall–Kier alpha value is -2.03. The van der Waals surface area contributed by atoms with Crippen molar-refractivity contribution in [2.45, 2.75) is 37.0 Å². The lowest BCUT2D eigenvalue weighted by atomic mass is 10.1. The number of nitrogens with one attached hydrogen (secondary N) is 3. The molecule has 0 radical (unpaired) electrons. The highest BCUT2D eigenvalue weighted by molar-refractivity contribution is 7.98. The maximum absolute atomic E-state index is 12.4. The predicted octanol–water partition coefficient (Wildman–Crippen LogP) is -3.60. The molecule has 0 saturated carbocycles. The van der Waals surface area contributed by atoms with Crippen LogP contribution in [0, 0.1) is 0 Å². The zero-order chi connectivity index (χ0) is 22.6. The smallest absolute Gasteiger partial charge is 0.326 e. The number of hydrogen-bond acceptors (Lipinski definition) is 9. The van der Waals surface area contributed by atoms with Gasteiger partial charge < -0.3 is 37.6 Å². The summed E-state index contributed by atoms with van der Waals surface area (Å²) in [5.41, 5.74) is 10.6. The molecule has 12 nitrogen and oxygen atoms in total. The molecule has 0 aromatic carbocycles. The molecular formula is C15H27N5O7S2. The summed E-state index contributed by atoms with van der Waals surface area (Å²) in [5, 5.41) is 25.1. The normalized spacial score (nSPS) is 14.8. The SMILES string of the molecule is CSCCC(NC(=O)C(CC(N)=O)NC(=O)C(CO)NC(=O)C(N)CS)C(=O)O. The Bertz CT molecular complexity index is 608. The summed E-state index contributed by atoms with van der Waals surface area (Å²) in [6.07, 6.45) is 1.27. The molecule has 0 aliphatic carbocycles. The van der Waals surface area contributed by atoms with Gasteiger partial charge in [-0.15, -0.1) is 0 Å². The number of thioether (sulfide) groups is 1. The topological polar surface area (TPSA) is 214 Å². The van der Waals surface area contributed by atoms with Crippen molar-refractivity contribution < 1.29 is 34.2 Å². The number of aliphatic hydroxyl groups excluding tert-OH is 1. The minimum absolute atomic E-state index is 0.00900. The fraction of sp³-hybridized carbons (Fsp3) is 0.667. The maximum Gasteiger partial charge on any atom is 0.326 e. The number of carboxylic acids is 1. The summed E-state index contributed by atoms with van der Waals surface area (Å²) in [7, 11) is 0. The van der Waals surface area contributed by atoms with Gasteiger partial charge in [-0.3, -0.25) is 19.2 Å². The van der Waals surface area contributed by atoms with Gasteiger partial charge in [-0.2, -0.15) is 24.4 Å². The van der Waals surface area contributed by atoms with E-state index in [0.717, 1.165) is 0 Å². The Balaban J connectivity index is 5.22. The highest BCUT2D eigenvalue weighted by Gasteiger charge is 2.30. The Morgan fingerprint density at radius 2 is 1.52 bits per heavy atom. The van der Waals surface area contributed by atoms with Gasteiger partial charge in [0.2, 0.25) is 23.6 Å². The second kappa shape index (κ2) is 14.0. The van der Waals surface area contributed by atoms with E-state index in [1.165, 1.54) is 11.8 Å². The Morgan fingerprint density at radius 1 is 1.00 bits per heavy atom. The summed E-state index contributed by atoms with van der Waals surface area (Å²) in [6.45, 7) is -0.812. The van der Waals surface area contributed by atoms with Crippen molar-refractivity contribution in [1.29, 1.82) is 0 Å². The number of nitrogens with two attached hydrogens (primary N) is 2. The lowest BCUT2D eigenvalue weighted by molar-refractivity contribution is -0.142. The molecule has 0 saturated heterocycles. The third-order valence-electron chi connectivity index (χ3n) is 3.61. The minimum Gasteiger partial charge on any atom is -0.480 e. The van der Waals surface area contributed by atoms with Crippen LogP contribution in [0.5, 0.6) is 0 Å². The summed E-state index contributed by atoms with van der Waals surface area (Å²) >= 11 is 5.23. The second-order valence-electron chi connectivity index (χ2n) is 5.95. The Labute approximate surface area is 177 Å². The molecule has 0 rings (SSSR count). The molecule has 0 spiro atoms. The van der Waals surface area contributed by atoms with Crippen LogP contribution in [0.3, 0.4) is 0 Å². The molecule has 29 heavy (non-hydrogen) atoms. The molecule has 0 heterocycles. The molecule has 0 aliphatic heterocycles. The van der Waals surface area contributed by atoms with Crippen LogP contribution >= 0.6 is 24.4 Å². The lowest BCUT2D eigenvalue weighted by Gasteiger charge is -2.23. The summed E-state index contributed by atoms with van der Waals surface area (Å²) < 4.78 is 0. The zero-order valence-corrected chi connectivity index (χ0v) is 17.5. The van der Waals surface area contributed by atoms with Crippen LogP contribution in [0.25, 0.3) is 0 Å². The quantitative estimate of drug-likeness (QED) is 0.122. The van der Waals surface area contributed by atoms with E-state index in [0.29, 0.717) is 5.75 Å². The summed E-state index contributed by atoms with van der Waals surface area (Å²) in [5.74, 6) is -4.45. The lowest BCUT2D eigenvalue weighted by Crippen LogP contribution is -2.58. The van der Waals surface area contributed by atoms with E-state index in [9.17, 15) is 34.2 Å². The first-order valence-corrected chi connectivity index (χ1v) is 10.5. The first kappa shape index (κ1) is 27.0. The first-order chi connectivity index (χ1) is 13.6.